The number of ether oxygens (including phenoxy) is 1. The highest BCUT2D eigenvalue weighted by molar-refractivity contribution is 5.95. The van der Waals surface area contributed by atoms with Crippen LogP contribution in [0.4, 0.5) is 11.4 Å². The highest BCUT2D eigenvalue weighted by Crippen LogP contribution is 2.28. The van der Waals surface area contributed by atoms with Crippen LogP contribution in [0.3, 0.4) is 0 Å². The van der Waals surface area contributed by atoms with E-state index in [2.05, 4.69) is 24.5 Å². The molecular weight excluding hydrogens is 254 g/mol. The molecule has 1 saturated heterocycles. The monoisotopic (exact) mass is 277 g/mol. The molecule has 1 fully saturated rings. The Morgan fingerprint density at radius 3 is 2.80 bits per heavy atom. The molecule has 0 bridgehead atoms. The minimum Gasteiger partial charge on any atom is -0.397 e. The molecule has 20 heavy (non-hydrogen) atoms. The van der Waals surface area contributed by atoms with Crippen molar-refractivity contribution in [3.8, 4) is 0 Å². The SMILES string of the molecule is CNC(=O)c1ccc(NC2CCOC(C)(C)C2)c(N)c1. The second-order valence-corrected chi connectivity index (χ2v) is 5.82. The van der Waals surface area contributed by atoms with Gasteiger partial charge in [-0.1, -0.05) is 0 Å². The Hall–Kier alpha value is -1.75. The van der Waals surface area contributed by atoms with Crippen molar-refractivity contribution in [3.63, 3.8) is 0 Å². The Bertz CT molecular complexity index is 500. The normalized spacial score (nSPS) is 21.2. The average molecular weight is 277 g/mol. The number of nitrogens with one attached hydrogen (secondary N) is 2. The minimum absolute atomic E-state index is 0.104. The lowest BCUT2D eigenvalue weighted by molar-refractivity contribution is -0.0553. The van der Waals surface area contributed by atoms with Crippen LogP contribution in [0.5, 0.6) is 0 Å². The summed E-state index contributed by atoms with van der Waals surface area (Å²) in [5, 5.41) is 6.04. The van der Waals surface area contributed by atoms with Crippen molar-refractivity contribution < 1.29 is 9.53 Å². The van der Waals surface area contributed by atoms with E-state index in [1.165, 1.54) is 0 Å². The minimum atomic E-state index is -0.129. The number of benzene rings is 1. The van der Waals surface area contributed by atoms with Gasteiger partial charge in [-0.3, -0.25) is 4.79 Å². The summed E-state index contributed by atoms with van der Waals surface area (Å²) in [6, 6.07) is 5.68. The predicted octanol–water partition coefficient (Wildman–Crippen LogP) is 2.00. The largest absolute Gasteiger partial charge is 0.397 e. The predicted molar refractivity (Wildman–Crippen MR) is 80.9 cm³/mol. The fourth-order valence-electron chi connectivity index (χ4n) is 2.55. The van der Waals surface area contributed by atoms with Crippen molar-refractivity contribution in [2.24, 2.45) is 0 Å². The maximum atomic E-state index is 11.5. The maximum absolute atomic E-state index is 11.5. The van der Waals surface area contributed by atoms with E-state index in [4.69, 9.17) is 10.5 Å². The summed E-state index contributed by atoms with van der Waals surface area (Å²) in [5.74, 6) is -0.129. The fraction of sp³-hybridized carbons (Fsp3) is 0.533. The molecule has 5 heteroatoms. The van der Waals surface area contributed by atoms with Crippen LogP contribution >= 0.6 is 0 Å². The molecular formula is C15H23N3O2. The molecule has 0 aliphatic carbocycles. The van der Waals surface area contributed by atoms with Crippen molar-refractivity contribution in [2.45, 2.75) is 38.3 Å². The molecule has 110 valence electrons. The quantitative estimate of drug-likeness (QED) is 0.739. The van der Waals surface area contributed by atoms with E-state index in [1.807, 2.05) is 6.07 Å². The second kappa shape index (κ2) is 5.71. The number of nitrogen functional groups attached to an aromatic ring is 1. The lowest BCUT2D eigenvalue weighted by Crippen LogP contribution is -2.40. The highest BCUT2D eigenvalue weighted by Gasteiger charge is 2.28. The number of anilines is 2. The van der Waals surface area contributed by atoms with Gasteiger partial charge in [0.25, 0.3) is 5.91 Å². The van der Waals surface area contributed by atoms with Crippen LogP contribution in [0.15, 0.2) is 18.2 Å². The standard InChI is InChI=1S/C15H23N3O2/c1-15(2)9-11(6-7-20-15)18-13-5-4-10(8-12(13)16)14(19)17-3/h4-5,8,11,18H,6-7,9,16H2,1-3H3,(H,17,19). The van der Waals surface area contributed by atoms with E-state index in [9.17, 15) is 4.79 Å². The zero-order valence-electron chi connectivity index (χ0n) is 12.3. The smallest absolute Gasteiger partial charge is 0.251 e. The van der Waals surface area contributed by atoms with Gasteiger partial charge in [0.1, 0.15) is 0 Å². The van der Waals surface area contributed by atoms with Crippen molar-refractivity contribution >= 4 is 17.3 Å². The van der Waals surface area contributed by atoms with Crippen LogP contribution in [0.25, 0.3) is 0 Å². The van der Waals surface area contributed by atoms with E-state index in [-0.39, 0.29) is 11.5 Å². The Morgan fingerprint density at radius 2 is 2.20 bits per heavy atom. The Labute approximate surface area is 119 Å². The average Bonchev–Trinajstić information content (AvgIpc) is 2.39. The zero-order valence-corrected chi connectivity index (χ0v) is 12.3. The summed E-state index contributed by atoms with van der Waals surface area (Å²) in [6.45, 7) is 4.94. The summed E-state index contributed by atoms with van der Waals surface area (Å²) in [7, 11) is 1.61. The third kappa shape index (κ3) is 3.42. The first kappa shape index (κ1) is 14.7. The molecule has 1 aliphatic rings. The van der Waals surface area contributed by atoms with Crippen LogP contribution in [0.1, 0.15) is 37.0 Å². The number of hydrogen-bond donors (Lipinski definition) is 3. The van der Waals surface area contributed by atoms with Crippen LogP contribution in [-0.2, 0) is 4.74 Å². The second-order valence-electron chi connectivity index (χ2n) is 5.82. The van der Waals surface area contributed by atoms with E-state index < -0.39 is 0 Å². The molecule has 0 radical (unpaired) electrons. The molecule has 4 N–H and O–H groups in total. The van der Waals surface area contributed by atoms with Gasteiger partial charge in [-0.25, -0.2) is 0 Å². The van der Waals surface area contributed by atoms with Gasteiger partial charge in [0.15, 0.2) is 0 Å². The van der Waals surface area contributed by atoms with Crippen molar-refractivity contribution in [1.82, 2.24) is 5.32 Å². The van der Waals surface area contributed by atoms with Crippen molar-refractivity contribution in [1.29, 1.82) is 0 Å². The lowest BCUT2D eigenvalue weighted by Gasteiger charge is -2.36. The van der Waals surface area contributed by atoms with Crippen molar-refractivity contribution in [3.05, 3.63) is 23.8 Å². The van der Waals surface area contributed by atoms with Crippen LogP contribution in [0.2, 0.25) is 0 Å². The van der Waals surface area contributed by atoms with Crippen LogP contribution in [0, 0.1) is 0 Å². The Morgan fingerprint density at radius 1 is 1.45 bits per heavy atom. The number of hydrogen-bond acceptors (Lipinski definition) is 4. The number of carbonyl (C=O) groups excluding carboxylic acids is 1. The summed E-state index contributed by atoms with van der Waals surface area (Å²) < 4.78 is 5.70. The van der Waals surface area contributed by atoms with Gasteiger partial charge in [-0.2, -0.15) is 0 Å². The van der Waals surface area contributed by atoms with Gasteiger partial charge in [0, 0.05) is 25.3 Å². The van der Waals surface area contributed by atoms with Gasteiger partial charge in [-0.05, 0) is 44.9 Å². The molecule has 1 aromatic carbocycles. The Balaban J connectivity index is 2.08. The highest BCUT2D eigenvalue weighted by atomic mass is 16.5. The molecule has 0 saturated carbocycles. The van der Waals surface area contributed by atoms with Gasteiger partial charge >= 0.3 is 0 Å². The number of carbonyl (C=O) groups is 1. The third-order valence-electron chi connectivity index (χ3n) is 3.60. The first-order valence-electron chi connectivity index (χ1n) is 6.93. The molecule has 1 aliphatic heterocycles. The summed E-state index contributed by atoms with van der Waals surface area (Å²) in [6.07, 6.45) is 1.89. The van der Waals surface area contributed by atoms with E-state index >= 15 is 0 Å². The van der Waals surface area contributed by atoms with Gasteiger partial charge < -0.3 is 21.1 Å². The number of rotatable bonds is 3. The summed E-state index contributed by atoms with van der Waals surface area (Å²) in [4.78, 5) is 11.5. The van der Waals surface area contributed by atoms with Gasteiger partial charge in [0.2, 0.25) is 0 Å². The molecule has 1 unspecified atom stereocenters. The van der Waals surface area contributed by atoms with Crippen LogP contribution < -0.4 is 16.4 Å². The van der Waals surface area contributed by atoms with Crippen molar-refractivity contribution in [2.75, 3.05) is 24.7 Å². The third-order valence-corrected chi connectivity index (χ3v) is 3.60. The summed E-state index contributed by atoms with van der Waals surface area (Å²) in [5.41, 5.74) is 7.96. The number of amides is 1. The van der Waals surface area contributed by atoms with Gasteiger partial charge in [0.05, 0.1) is 17.0 Å². The molecule has 1 aromatic rings. The zero-order chi connectivity index (χ0) is 14.8. The first-order valence-corrected chi connectivity index (χ1v) is 6.93. The van der Waals surface area contributed by atoms with E-state index in [0.717, 1.165) is 25.1 Å². The molecule has 0 spiro atoms. The Kier molecular flexibility index (Phi) is 4.18. The molecule has 1 amide bonds. The van der Waals surface area contributed by atoms with Crippen LogP contribution in [-0.4, -0.2) is 31.2 Å². The lowest BCUT2D eigenvalue weighted by atomic mass is 9.93. The van der Waals surface area contributed by atoms with E-state index in [1.54, 1.807) is 19.2 Å². The first-order chi connectivity index (χ1) is 9.41. The summed E-state index contributed by atoms with van der Waals surface area (Å²) >= 11 is 0. The van der Waals surface area contributed by atoms with E-state index in [0.29, 0.717) is 17.3 Å². The molecule has 2 rings (SSSR count). The number of nitrogens with two attached hydrogens (primary N) is 1. The maximum Gasteiger partial charge on any atom is 0.251 e. The topological polar surface area (TPSA) is 76.4 Å². The molecule has 5 nitrogen and oxygen atoms in total. The molecule has 1 heterocycles. The molecule has 1 atom stereocenters. The van der Waals surface area contributed by atoms with Gasteiger partial charge in [-0.15, -0.1) is 0 Å². The molecule has 0 aromatic heterocycles. The fourth-order valence-corrected chi connectivity index (χ4v) is 2.55.